The zero-order valence-electron chi connectivity index (χ0n) is 10.3. The summed E-state index contributed by atoms with van der Waals surface area (Å²) in [5.74, 6) is -1.52. The first-order chi connectivity index (χ1) is 8.06. The minimum absolute atomic E-state index is 0.112. The second-order valence-corrected chi connectivity index (χ2v) is 4.91. The molecule has 1 saturated carbocycles. The van der Waals surface area contributed by atoms with Gasteiger partial charge in [-0.05, 0) is 38.1 Å². The Morgan fingerprint density at radius 3 is 2.53 bits per heavy atom. The average molecular weight is 242 g/mol. The van der Waals surface area contributed by atoms with Gasteiger partial charge in [-0.3, -0.25) is 9.59 Å². The molecule has 1 rings (SSSR count). The van der Waals surface area contributed by atoms with E-state index in [1.165, 1.54) is 0 Å². The first kappa shape index (κ1) is 14.0. The number of aliphatic carboxylic acids is 1. The van der Waals surface area contributed by atoms with E-state index in [0.29, 0.717) is 31.8 Å². The van der Waals surface area contributed by atoms with Crippen LogP contribution in [0.3, 0.4) is 0 Å². The molecule has 1 aliphatic rings. The molecule has 1 fully saturated rings. The SMILES string of the molecule is CC1CC(C(=O)O)C(C(=O)NCCCCN)C1. The standard InChI is InChI=1S/C12H22N2O3/c1-8-6-9(10(7-8)12(16)17)11(15)14-5-3-2-4-13/h8-10H,2-7,13H2,1H3,(H,14,15)(H,16,17). The van der Waals surface area contributed by atoms with Gasteiger partial charge in [-0.1, -0.05) is 6.92 Å². The molecule has 5 heteroatoms. The molecule has 0 aromatic carbocycles. The molecule has 0 aromatic rings. The summed E-state index contributed by atoms with van der Waals surface area (Å²) in [6.07, 6.45) is 3.02. The summed E-state index contributed by atoms with van der Waals surface area (Å²) in [6, 6.07) is 0. The Balaban J connectivity index is 2.41. The lowest BCUT2D eigenvalue weighted by molar-refractivity contribution is -0.146. The highest BCUT2D eigenvalue weighted by Gasteiger charge is 2.40. The third-order valence-corrected chi connectivity index (χ3v) is 3.38. The summed E-state index contributed by atoms with van der Waals surface area (Å²) in [5, 5.41) is 11.9. The smallest absolute Gasteiger partial charge is 0.307 e. The van der Waals surface area contributed by atoms with E-state index in [0.717, 1.165) is 12.8 Å². The lowest BCUT2D eigenvalue weighted by Crippen LogP contribution is -2.35. The number of rotatable bonds is 6. The highest BCUT2D eigenvalue weighted by atomic mass is 16.4. The van der Waals surface area contributed by atoms with Gasteiger partial charge >= 0.3 is 5.97 Å². The van der Waals surface area contributed by atoms with Gasteiger partial charge in [-0.2, -0.15) is 0 Å². The van der Waals surface area contributed by atoms with Crippen LogP contribution in [0.1, 0.15) is 32.6 Å². The van der Waals surface area contributed by atoms with Crippen LogP contribution in [0, 0.1) is 17.8 Å². The Morgan fingerprint density at radius 1 is 1.29 bits per heavy atom. The van der Waals surface area contributed by atoms with Gasteiger partial charge in [0.2, 0.25) is 5.91 Å². The van der Waals surface area contributed by atoms with E-state index in [2.05, 4.69) is 5.32 Å². The molecule has 0 aromatic heterocycles. The van der Waals surface area contributed by atoms with E-state index >= 15 is 0 Å². The molecule has 98 valence electrons. The van der Waals surface area contributed by atoms with Gasteiger partial charge < -0.3 is 16.2 Å². The molecule has 17 heavy (non-hydrogen) atoms. The number of amides is 1. The van der Waals surface area contributed by atoms with E-state index in [9.17, 15) is 9.59 Å². The van der Waals surface area contributed by atoms with Gasteiger partial charge in [0.15, 0.2) is 0 Å². The highest BCUT2D eigenvalue weighted by molar-refractivity contribution is 5.85. The van der Waals surface area contributed by atoms with Gasteiger partial charge in [-0.15, -0.1) is 0 Å². The molecule has 3 atom stereocenters. The summed E-state index contributed by atoms with van der Waals surface area (Å²) in [5.41, 5.74) is 5.36. The Kier molecular flexibility index (Phi) is 5.41. The van der Waals surface area contributed by atoms with Crippen molar-refractivity contribution in [3.05, 3.63) is 0 Å². The van der Waals surface area contributed by atoms with Crippen molar-refractivity contribution >= 4 is 11.9 Å². The summed E-state index contributed by atoms with van der Waals surface area (Å²) in [4.78, 5) is 22.9. The van der Waals surface area contributed by atoms with E-state index in [1.54, 1.807) is 0 Å². The normalized spacial score (nSPS) is 28.0. The number of nitrogens with two attached hydrogens (primary N) is 1. The molecule has 0 heterocycles. The molecule has 1 amide bonds. The second kappa shape index (κ2) is 6.59. The van der Waals surface area contributed by atoms with Crippen molar-refractivity contribution in [3.8, 4) is 0 Å². The zero-order chi connectivity index (χ0) is 12.8. The molecule has 3 unspecified atom stereocenters. The summed E-state index contributed by atoms with van der Waals surface area (Å²) >= 11 is 0. The second-order valence-electron chi connectivity index (χ2n) is 4.91. The lowest BCUT2D eigenvalue weighted by Gasteiger charge is -2.15. The number of nitrogens with one attached hydrogen (secondary N) is 1. The number of carbonyl (C=O) groups excluding carboxylic acids is 1. The Morgan fingerprint density at radius 2 is 1.94 bits per heavy atom. The molecular weight excluding hydrogens is 220 g/mol. The fourth-order valence-electron chi connectivity index (χ4n) is 2.47. The molecule has 0 saturated heterocycles. The van der Waals surface area contributed by atoms with Crippen molar-refractivity contribution in [2.75, 3.05) is 13.1 Å². The first-order valence-corrected chi connectivity index (χ1v) is 6.26. The van der Waals surface area contributed by atoms with Gasteiger partial charge in [0, 0.05) is 6.54 Å². The fourth-order valence-corrected chi connectivity index (χ4v) is 2.47. The van der Waals surface area contributed by atoms with Crippen LogP contribution in [0.15, 0.2) is 0 Å². The van der Waals surface area contributed by atoms with Crippen molar-refractivity contribution < 1.29 is 14.7 Å². The quantitative estimate of drug-likeness (QED) is 0.594. The number of carboxylic acids is 1. The molecule has 0 radical (unpaired) electrons. The monoisotopic (exact) mass is 242 g/mol. The Labute approximate surface area is 102 Å². The maximum absolute atomic E-state index is 11.9. The van der Waals surface area contributed by atoms with Gasteiger partial charge in [-0.25, -0.2) is 0 Å². The Bertz CT molecular complexity index is 281. The predicted octanol–water partition coefficient (Wildman–Crippen LogP) is 0.588. The Hall–Kier alpha value is -1.10. The third-order valence-electron chi connectivity index (χ3n) is 3.38. The number of hydrogen-bond acceptors (Lipinski definition) is 3. The topological polar surface area (TPSA) is 92.4 Å². The fraction of sp³-hybridized carbons (Fsp3) is 0.833. The number of unbranched alkanes of at least 4 members (excludes halogenated alkanes) is 1. The molecule has 0 aliphatic heterocycles. The summed E-state index contributed by atoms with van der Waals surface area (Å²) in [7, 11) is 0. The third kappa shape index (κ3) is 4.00. The maximum Gasteiger partial charge on any atom is 0.307 e. The van der Waals surface area contributed by atoms with E-state index in [4.69, 9.17) is 10.8 Å². The van der Waals surface area contributed by atoms with Crippen molar-refractivity contribution in [3.63, 3.8) is 0 Å². The molecule has 5 nitrogen and oxygen atoms in total. The van der Waals surface area contributed by atoms with Crippen LogP contribution >= 0.6 is 0 Å². The predicted molar refractivity (Wildman–Crippen MR) is 64.3 cm³/mol. The molecule has 1 aliphatic carbocycles. The van der Waals surface area contributed by atoms with Crippen molar-refractivity contribution in [1.82, 2.24) is 5.32 Å². The van der Waals surface area contributed by atoms with Crippen LogP contribution in [0.2, 0.25) is 0 Å². The molecular formula is C12H22N2O3. The minimum atomic E-state index is -0.851. The van der Waals surface area contributed by atoms with Gasteiger partial charge in [0.05, 0.1) is 11.8 Å². The van der Waals surface area contributed by atoms with Crippen LogP contribution in [0.25, 0.3) is 0 Å². The largest absolute Gasteiger partial charge is 0.481 e. The summed E-state index contributed by atoms with van der Waals surface area (Å²) < 4.78 is 0. The maximum atomic E-state index is 11.9. The molecule has 4 N–H and O–H groups in total. The number of hydrogen-bond donors (Lipinski definition) is 3. The van der Waals surface area contributed by atoms with E-state index in [1.807, 2.05) is 6.92 Å². The van der Waals surface area contributed by atoms with E-state index in [-0.39, 0.29) is 11.8 Å². The number of carboxylic acid groups (broad SMARTS) is 1. The zero-order valence-corrected chi connectivity index (χ0v) is 10.3. The van der Waals surface area contributed by atoms with Crippen LogP contribution in [-0.2, 0) is 9.59 Å². The van der Waals surface area contributed by atoms with Crippen LogP contribution in [0.5, 0.6) is 0 Å². The highest BCUT2D eigenvalue weighted by Crippen LogP contribution is 2.36. The van der Waals surface area contributed by atoms with E-state index < -0.39 is 11.9 Å². The van der Waals surface area contributed by atoms with Crippen LogP contribution in [0.4, 0.5) is 0 Å². The first-order valence-electron chi connectivity index (χ1n) is 6.26. The van der Waals surface area contributed by atoms with Crippen molar-refractivity contribution in [2.45, 2.75) is 32.6 Å². The number of carbonyl (C=O) groups is 2. The van der Waals surface area contributed by atoms with Crippen LogP contribution in [-0.4, -0.2) is 30.1 Å². The summed E-state index contributed by atoms with van der Waals surface area (Å²) in [6.45, 7) is 3.21. The van der Waals surface area contributed by atoms with Gasteiger partial charge in [0.1, 0.15) is 0 Å². The van der Waals surface area contributed by atoms with Gasteiger partial charge in [0.25, 0.3) is 0 Å². The molecule has 0 bridgehead atoms. The molecule has 0 spiro atoms. The average Bonchev–Trinajstić information content (AvgIpc) is 2.66. The van der Waals surface area contributed by atoms with Crippen molar-refractivity contribution in [2.24, 2.45) is 23.5 Å². The minimum Gasteiger partial charge on any atom is -0.481 e. The van der Waals surface area contributed by atoms with Crippen molar-refractivity contribution in [1.29, 1.82) is 0 Å². The lowest BCUT2D eigenvalue weighted by atomic mass is 9.95. The van der Waals surface area contributed by atoms with Crippen LogP contribution < -0.4 is 11.1 Å².